The summed E-state index contributed by atoms with van der Waals surface area (Å²) in [6, 6.07) is 19.0. The van der Waals surface area contributed by atoms with E-state index in [0.29, 0.717) is 0 Å². The first kappa shape index (κ1) is 28.5. The highest BCUT2D eigenvalue weighted by molar-refractivity contribution is 7.92. The van der Waals surface area contributed by atoms with Crippen LogP contribution in [0, 0.1) is 11.8 Å². The van der Waals surface area contributed by atoms with E-state index in [1.807, 2.05) is 57.4 Å². The highest BCUT2D eigenvalue weighted by Crippen LogP contribution is 2.22. The van der Waals surface area contributed by atoms with E-state index in [9.17, 15) is 18.0 Å². The Kier molecular flexibility index (Phi) is 8.64. The molecule has 1 unspecified atom stereocenters. The first-order valence-corrected chi connectivity index (χ1v) is 14.0. The minimum absolute atomic E-state index is 0.0479. The zero-order chi connectivity index (χ0) is 28.1. The van der Waals surface area contributed by atoms with Gasteiger partial charge in [-0.05, 0) is 67.3 Å². The number of carbonyl (C=O) groups is 1. The predicted octanol–water partition coefficient (Wildman–Crippen LogP) is 3.52. The number of sulfone groups is 1. The van der Waals surface area contributed by atoms with Gasteiger partial charge in [-0.15, -0.1) is 0 Å². The Labute approximate surface area is 224 Å². The van der Waals surface area contributed by atoms with Gasteiger partial charge in [0.1, 0.15) is 4.75 Å². The van der Waals surface area contributed by atoms with Crippen LogP contribution in [0.4, 0.5) is 0 Å². The summed E-state index contributed by atoms with van der Waals surface area (Å²) < 4.78 is 23.8. The maximum Gasteiger partial charge on any atom is 0.251 e. The standard InChI is InChI=1S/C30H33N3O4S/c1-6-27(32(3)4)25-15-11-23(12-16-25)8-7-22-9-13-24(14-10-22)26-17-19-33(28(34)21-26)20-18-30(2,29(31)35)38(5,36)37/h6,9-17,19,21H,18,20H2,1-5H3,(H2,31,35)/b27-6-. The highest BCUT2D eigenvalue weighted by Gasteiger charge is 2.41. The molecule has 1 amide bonds. The number of benzene rings is 2. The van der Waals surface area contributed by atoms with E-state index in [1.54, 1.807) is 12.3 Å². The molecule has 0 radical (unpaired) electrons. The first-order valence-electron chi connectivity index (χ1n) is 12.1. The summed E-state index contributed by atoms with van der Waals surface area (Å²) in [5.74, 6) is 5.42. The van der Waals surface area contributed by atoms with Crippen LogP contribution >= 0.6 is 0 Å². The number of amides is 1. The van der Waals surface area contributed by atoms with E-state index >= 15 is 0 Å². The van der Waals surface area contributed by atoms with Gasteiger partial charge in [-0.3, -0.25) is 9.59 Å². The van der Waals surface area contributed by atoms with Crippen LogP contribution in [0.15, 0.2) is 77.7 Å². The zero-order valence-electron chi connectivity index (χ0n) is 22.4. The van der Waals surface area contributed by atoms with Crippen LogP contribution in [0.25, 0.3) is 16.8 Å². The maximum atomic E-state index is 12.7. The van der Waals surface area contributed by atoms with Crippen molar-refractivity contribution in [2.45, 2.75) is 31.6 Å². The van der Waals surface area contributed by atoms with Gasteiger partial charge in [-0.1, -0.05) is 42.2 Å². The van der Waals surface area contributed by atoms with E-state index in [1.165, 1.54) is 17.6 Å². The van der Waals surface area contributed by atoms with Gasteiger partial charge in [0.2, 0.25) is 5.91 Å². The lowest BCUT2D eigenvalue weighted by Gasteiger charge is -2.24. The summed E-state index contributed by atoms with van der Waals surface area (Å²) in [7, 11) is 0.290. The van der Waals surface area contributed by atoms with Gasteiger partial charge < -0.3 is 15.2 Å². The second kappa shape index (κ2) is 11.5. The van der Waals surface area contributed by atoms with Gasteiger partial charge in [-0.25, -0.2) is 8.42 Å². The smallest absolute Gasteiger partial charge is 0.251 e. The van der Waals surface area contributed by atoms with Crippen molar-refractivity contribution >= 4 is 21.4 Å². The summed E-state index contributed by atoms with van der Waals surface area (Å²) >= 11 is 0. The van der Waals surface area contributed by atoms with Gasteiger partial charge >= 0.3 is 0 Å². The number of nitrogens with two attached hydrogens (primary N) is 1. The lowest BCUT2D eigenvalue weighted by Crippen LogP contribution is -2.48. The number of hydrogen-bond acceptors (Lipinski definition) is 5. The number of allylic oxidation sites excluding steroid dienone is 1. The number of hydrogen-bond donors (Lipinski definition) is 1. The monoisotopic (exact) mass is 531 g/mol. The van der Waals surface area contributed by atoms with Crippen molar-refractivity contribution in [3.05, 3.63) is 100.0 Å². The molecule has 0 spiro atoms. The first-order chi connectivity index (χ1) is 17.9. The molecule has 1 atom stereocenters. The molecule has 0 bridgehead atoms. The molecule has 2 N–H and O–H groups in total. The van der Waals surface area contributed by atoms with E-state index in [2.05, 4.69) is 34.9 Å². The number of aromatic nitrogens is 1. The Hall–Kier alpha value is -4.09. The number of nitrogens with zero attached hydrogens (tertiary/aromatic N) is 2. The average Bonchev–Trinajstić information content (AvgIpc) is 2.87. The third-order valence-electron chi connectivity index (χ3n) is 6.67. The van der Waals surface area contributed by atoms with E-state index in [4.69, 9.17) is 5.73 Å². The SMILES string of the molecule is C/C=C(/c1ccc(C#Cc2ccc(-c3ccn(CCC(C)(C(N)=O)S(C)(=O)=O)c(=O)c3)cc2)cc1)N(C)C. The van der Waals surface area contributed by atoms with Crippen LogP contribution in [-0.4, -0.2) is 48.9 Å². The van der Waals surface area contributed by atoms with E-state index < -0.39 is 20.5 Å². The third kappa shape index (κ3) is 6.42. The van der Waals surface area contributed by atoms with E-state index in [-0.39, 0.29) is 18.5 Å². The molecule has 3 rings (SSSR count). The van der Waals surface area contributed by atoms with Gasteiger partial charge in [0, 0.05) is 56.0 Å². The fraction of sp³-hybridized carbons (Fsp3) is 0.267. The van der Waals surface area contributed by atoms with Crippen LogP contribution in [0.3, 0.4) is 0 Å². The molecule has 0 aliphatic rings. The Morgan fingerprint density at radius 2 is 1.55 bits per heavy atom. The van der Waals surface area contributed by atoms with Gasteiger partial charge in [0.15, 0.2) is 9.84 Å². The molecule has 0 fully saturated rings. The van der Waals surface area contributed by atoms with Crippen molar-refractivity contribution in [3.8, 4) is 23.0 Å². The second-order valence-electron chi connectivity index (χ2n) is 9.54. The molecule has 2 aromatic carbocycles. The van der Waals surface area contributed by atoms with Crippen LogP contribution in [-0.2, 0) is 21.2 Å². The Morgan fingerprint density at radius 3 is 2.00 bits per heavy atom. The van der Waals surface area contributed by atoms with Crippen molar-refractivity contribution in [2.24, 2.45) is 5.73 Å². The van der Waals surface area contributed by atoms with Crippen LogP contribution in [0.2, 0.25) is 0 Å². The summed E-state index contributed by atoms with van der Waals surface area (Å²) in [4.78, 5) is 26.5. The fourth-order valence-corrected chi connectivity index (χ4v) is 4.82. The van der Waals surface area contributed by atoms with Crippen LogP contribution < -0.4 is 11.3 Å². The minimum atomic E-state index is -3.74. The molecule has 1 aromatic heterocycles. The highest BCUT2D eigenvalue weighted by atomic mass is 32.2. The number of pyridine rings is 1. The van der Waals surface area contributed by atoms with Crippen molar-refractivity contribution in [1.82, 2.24) is 9.47 Å². The summed E-state index contributed by atoms with van der Waals surface area (Å²) in [6.07, 6.45) is 4.54. The van der Waals surface area contributed by atoms with Crippen LogP contribution in [0.5, 0.6) is 0 Å². The lowest BCUT2D eigenvalue weighted by molar-refractivity contribution is -0.120. The molecule has 3 aromatic rings. The molecular formula is C30H33N3O4S. The summed E-state index contributed by atoms with van der Waals surface area (Å²) in [5.41, 5.74) is 10.7. The molecule has 38 heavy (non-hydrogen) atoms. The summed E-state index contributed by atoms with van der Waals surface area (Å²) in [6.45, 7) is 3.35. The predicted molar refractivity (Wildman–Crippen MR) is 153 cm³/mol. The number of carbonyl (C=O) groups excluding carboxylic acids is 1. The molecule has 198 valence electrons. The number of primary amides is 1. The molecule has 1 heterocycles. The van der Waals surface area contributed by atoms with Crippen molar-refractivity contribution in [1.29, 1.82) is 0 Å². The normalized spacial score (nSPS) is 13.2. The Balaban J connectivity index is 1.73. The largest absolute Gasteiger partial charge is 0.377 e. The molecule has 7 nitrogen and oxygen atoms in total. The molecule has 0 saturated heterocycles. The van der Waals surface area contributed by atoms with Gasteiger partial charge in [-0.2, -0.15) is 0 Å². The second-order valence-corrected chi connectivity index (χ2v) is 12.0. The molecule has 0 saturated carbocycles. The molecule has 8 heteroatoms. The quantitative estimate of drug-likeness (QED) is 0.448. The number of rotatable bonds is 8. The fourth-order valence-electron chi connectivity index (χ4n) is 3.99. The van der Waals surface area contributed by atoms with Gasteiger partial charge in [0.05, 0.1) is 0 Å². The van der Waals surface area contributed by atoms with E-state index in [0.717, 1.165) is 39.8 Å². The zero-order valence-corrected chi connectivity index (χ0v) is 23.2. The van der Waals surface area contributed by atoms with Crippen molar-refractivity contribution < 1.29 is 13.2 Å². The molecule has 0 aliphatic heterocycles. The molecular weight excluding hydrogens is 498 g/mol. The third-order valence-corrected chi connectivity index (χ3v) is 8.71. The number of aryl methyl sites for hydroxylation is 1. The summed E-state index contributed by atoms with van der Waals surface area (Å²) in [5, 5.41) is 0. The minimum Gasteiger partial charge on any atom is -0.377 e. The van der Waals surface area contributed by atoms with Crippen molar-refractivity contribution in [2.75, 3.05) is 20.4 Å². The lowest BCUT2D eigenvalue weighted by atomic mass is 10.0. The topological polar surface area (TPSA) is 102 Å². The van der Waals surface area contributed by atoms with Crippen LogP contribution in [0.1, 0.15) is 37.0 Å². The maximum absolute atomic E-state index is 12.7. The average molecular weight is 532 g/mol. The Morgan fingerprint density at radius 1 is 1.00 bits per heavy atom. The van der Waals surface area contributed by atoms with Crippen molar-refractivity contribution in [3.63, 3.8) is 0 Å². The Bertz CT molecular complexity index is 1570. The van der Waals surface area contributed by atoms with Gasteiger partial charge in [0.25, 0.3) is 5.56 Å². The molecule has 0 aliphatic carbocycles.